The lowest BCUT2D eigenvalue weighted by atomic mass is 10.1. The van der Waals surface area contributed by atoms with E-state index in [-0.39, 0.29) is 0 Å². The van der Waals surface area contributed by atoms with Gasteiger partial charge in [0.1, 0.15) is 0 Å². The maximum atomic E-state index is 5.41. The molecule has 0 aromatic heterocycles. The maximum Gasteiger partial charge on any atom is 0.0703 e. The van der Waals surface area contributed by atoms with E-state index in [0.29, 0.717) is 6.10 Å². The summed E-state index contributed by atoms with van der Waals surface area (Å²) in [5.41, 5.74) is 0. The molecule has 0 amide bonds. The van der Waals surface area contributed by atoms with Crippen LogP contribution in [0.2, 0.25) is 0 Å². The van der Waals surface area contributed by atoms with E-state index in [4.69, 9.17) is 9.47 Å². The van der Waals surface area contributed by atoms with Gasteiger partial charge in [-0.05, 0) is 32.6 Å². The summed E-state index contributed by atoms with van der Waals surface area (Å²) in [6.07, 6.45) is 2.74. The smallest absolute Gasteiger partial charge is 0.0703 e. The minimum atomic E-state index is 0.319. The second-order valence-corrected chi connectivity index (χ2v) is 4.07. The second-order valence-electron chi connectivity index (χ2n) is 4.07. The van der Waals surface area contributed by atoms with Gasteiger partial charge in [0.05, 0.1) is 19.3 Å². The van der Waals surface area contributed by atoms with Crippen LogP contribution in [0.5, 0.6) is 0 Å². The number of rotatable bonds is 8. The molecule has 0 saturated heterocycles. The third-order valence-electron chi connectivity index (χ3n) is 1.75. The zero-order chi connectivity index (χ0) is 10.1. The molecular formula is C11H24O2. The molecule has 0 aliphatic rings. The Balaban J connectivity index is 2.92. The molecule has 0 aromatic rings. The van der Waals surface area contributed by atoms with E-state index in [1.807, 2.05) is 13.8 Å². The lowest BCUT2D eigenvalue weighted by molar-refractivity contribution is 0.0183. The largest absolute Gasteiger partial charge is 0.379 e. The molecule has 13 heavy (non-hydrogen) atoms. The third kappa shape index (κ3) is 11.9. The summed E-state index contributed by atoms with van der Waals surface area (Å²) < 4.78 is 10.8. The summed E-state index contributed by atoms with van der Waals surface area (Å²) in [6, 6.07) is 0. The number of hydrogen-bond donors (Lipinski definition) is 0. The molecule has 0 aliphatic heterocycles. The fraction of sp³-hybridized carbons (Fsp3) is 1.00. The van der Waals surface area contributed by atoms with Crippen LogP contribution < -0.4 is 0 Å². The molecule has 0 unspecified atom stereocenters. The van der Waals surface area contributed by atoms with Crippen LogP contribution in [0.4, 0.5) is 0 Å². The van der Waals surface area contributed by atoms with E-state index in [9.17, 15) is 0 Å². The van der Waals surface area contributed by atoms with Gasteiger partial charge < -0.3 is 9.47 Å². The van der Waals surface area contributed by atoms with Gasteiger partial charge in [-0.15, -0.1) is 0 Å². The number of ether oxygens (including phenoxy) is 2. The predicted molar refractivity (Wildman–Crippen MR) is 56.0 cm³/mol. The molecule has 0 rings (SSSR count). The van der Waals surface area contributed by atoms with Crippen molar-refractivity contribution in [2.75, 3.05) is 19.8 Å². The highest BCUT2D eigenvalue weighted by Gasteiger charge is 1.95. The molecule has 2 heteroatoms. The topological polar surface area (TPSA) is 18.5 Å². The third-order valence-corrected chi connectivity index (χ3v) is 1.75. The molecule has 0 radical (unpaired) electrons. The average Bonchev–Trinajstić information content (AvgIpc) is 2.01. The Kier molecular flexibility index (Phi) is 8.46. The van der Waals surface area contributed by atoms with Gasteiger partial charge in [-0.25, -0.2) is 0 Å². The van der Waals surface area contributed by atoms with Crippen LogP contribution in [0, 0.1) is 5.92 Å². The standard InChI is InChI=1S/C11H24O2/c1-10(2)6-5-7-12-8-9-13-11(3)4/h10-11H,5-9H2,1-4H3. The van der Waals surface area contributed by atoms with Gasteiger partial charge in [-0.2, -0.15) is 0 Å². The molecular weight excluding hydrogens is 164 g/mol. The van der Waals surface area contributed by atoms with E-state index in [2.05, 4.69) is 13.8 Å². The molecule has 0 spiro atoms. The first-order chi connectivity index (χ1) is 6.13. The minimum absolute atomic E-state index is 0.319. The SMILES string of the molecule is CC(C)CCCOCCOC(C)C. The molecule has 0 aliphatic carbocycles. The number of hydrogen-bond acceptors (Lipinski definition) is 2. The van der Waals surface area contributed by atoms with Crippen molar-refractivity contribution >= 4 is 0 Å². The quantitative estimate of drug-likeness (QED) is 0.545. The lowest BCUT2D eigenvalue weighted by Crippen LogP contribution is -2.10. The Bertz CT molecular complexity index is 88.3. The average molecular weight is 188 g/mol. The first kappa shape index (κ1) is 12.9. The van der Waals surface area contributed by atoms with Crippen LogP contribution in [0.25, 0.3) is 0 Å². The van der Waals surface area contributed by atoms with Crippen molar-refractivity contribution in [3.63, 3.8) is 0 Å². The van der Waals surface area contributed by atoms with Gasteiger partial charge in [-0.3, -0.25) is 0 Å². The first-order valence-corrected chi connectivity index (χ1v) is 5.32. The van der Waals surface area contributed by atoms with Crippen LogP contribution in [-0.2, 0) is 9.47 Å². The van der Waals surface area contributed by atoms with Gasteiger partial charge in [0, 0.05) is 6.61 Å². The molecule has 80 valence electrons. The van der Waals surface area contributed by atoms with Crippen LogP contribution >= 0.6 is 0 Å². The van der Waals surface area contributed by atoms with Crippen molar-refractivity contribution in [1.82, 2.24) is 0 Å². The molecule has 0 N–H and O–H groups in total. The molecule has 0 aromatic carbocycles. The molecule has 0 atom stereocenters. The van der Waals surface area contributed by atoms with Crippen LogP contribution in [-0.4, -0.2) is 25.9 Å². The zero-order valence-corrected chi connectivity index (χ0v) is 9.51. The van der Waals surface area contributed by atoms with Gasteiger partial charge in [0.15, 0.2) is 0 Å². The lowest BCUT2D eigenvalue weighted by Gasteiger charge is -2.08. The summed E-state index contributed by atoms with van der Waals surface area (Å²) >= 11 is 0. The summed E-state index contributed by atoms with van der Waals surface area (Å²) in [7, 11) is 0. The highest BCUT2D eigenvalue weighted by Crippen LogP contribution is 2.02. The maximum absolute atomic E-state index is 5.41. The van der Waals surface area contributed by atoms with E-state index in [1.54, 1.807) is 0 Å². The Labute approximate surface area is 82.6 Å². The first-order valence-electron chi connectivity index (χ1n) is 5.32. The summed E-state index contributed by atoms with van der Waals surface area (Å²) in [5, 5.41) is 0. The molecule has 0 heterocycles. The van der Waals surface area contributed by atoms with Crippen molar-refractivity contribution in [3.8, 4) is 0 Å². The highest BCUT2D eigenvalue weighted by molar-refractivity contribution is 4.44. The molecule has 0 saturated carbocycles. The van der Waals surface area contributed by atoms with Crippen molar-refractivity contribution in [2.24, 2.45) is 5.92 Å². The highest BCUT2D eigenvalue weighted by atomic mass is 16.5. The fourth-order valence-electron chi connectivity index (χ4n) is 1.04. The fourth-order valence-corrected chi connectivity index (χ4v) is 1.04. The normalized spacial score (nSPS) is 11.5. The van der Waals surface area contributed by atoms with Crippen molar-refractivity contribution < 1.29 is 9.47 Å². The van der Waals surface area contributed by atoms with E-state index in [1.165, 1.54) is 12.8 Å². The van der Waals surface area contributed by atoms with Crippen molar-refractivity contribution in [1.29, 1.82) is 0 Å². The van der Waals surface area contributed by atoms with Gasteiger partial charge in [-0.1, -0.05) is 13.8 Å². The monoisotopic (exact) mass is 188 g/mol. The van der Waals surface area contributed by atoms with Crippen molar-refractivity contribution in [2.45, 2.75) is 46.6 Å². The molecule has 0 fully saturated rings. The zero-order valence-electron chi connectivity index (χ0n) is 9.51. The molecule has 0 bridgehead atoms. The van der Waals surface area contributed by atoms with E-state index >= 15 is 0 Å². The summed E-state index contributed by atoms with van der Waals surface area (Å²) in [5.74, 6) is 0.788. The van der Waals surface area contributed by atoms with Gasteiger partial charge in [0.25, 0.3) is 0 Å². The summed E-state index contributed by atoms with van der Waals surface area (Å²) in [4.78, 5) is 0. The van der Waals surface area contributed by atoms with Crippen LogP contribution in [0.1, 0.15) is 40.5 Å². The Morgan fingerprint density at radius 2 is 1.62 bits per heavy atom. The Morgan fingerprint density at radius 1 is 0.923 bits per heavy atom. The van der Waals surface area contributed by atoms with E-state index < -0.39 is 0 Å². The Morgan fingerprint density at radius 3 is 2.15 bits per heavy atom. The molecule has 2 nitrogen and oxygen atoms in total. The van der Waals surface area contributed by atoms with Crippen LogP contribution in [0.3, 0.4) is 0 Å². The predicted octanol–water partition coefficient (Wildman–Crippen LogP) is 2.86. The van der Waals surface area contributed by atoms with Gasteiger partial charge >= 0.3 is 0 Å². The summed E-state index contributed by atoms with van der Waals surface area (Å²) in [6.45, 7) is 10.9. The van der Waals surface area contributed by atoms with Crippen molar-refractivity contribution in [3.05, 3.63) is 0 Å². The minimum Gasteiger partial charge on any atom is -0.379 e. The van der Waals surface area contributed by atoms with E-state index in [0.717, 1.165) is 25.7 Å². The Hall–Kier alpha value is -0.0800. The van der Waals surface area contributed by atoms with Gasteiger partial charge in [0.2, 0.25) is 0 Å². The van der Waals surface area contributed by atoms with Crippen LogP contribution in [0.15, 0.2) is 0 Å². The second kappa shape index (κ2) is 8.52.